The minimum Gasteiger partial charge on any atom is -0.723 e. The molecule has 0 fully saturated rings. The van der Waals surface area contributed by atoms with Crippen LogP contribution in [0.5, 0.6) is 0 Å². The third-order valence-electron chi connectivity index (χ3n) is 1.47. The molecule has 0 aromatic rings. The van der Waals surface area contributed by atoms with Gasteiger partial charge in [-0.3, -0.25) is 0 Å². The first-order valence-corrected chi connectivity index (χ1v) is 4.79. The maximum absolute atomic E-state index is 9.29. The van der Waals surface area contributed by atoms with Gasteiger partial charge in [-0.05, 0) is 19.9 Å². The lowest BCUT2D eigenvalue weighted by atomic mass is 10.6. The Morgan fingerprint density at radius 2 is 1.71 bits per heavy atom. The highest BCUT2D eigenvalue weighted by atomic mass is 17.1. The summed E-state index contributed by atoms with van der Waals surface area (Å²) in [6, 6.07) is 0. The van der Waals surface area contributed by atoms with E-state index in [0.717, 1.165) is 4.48 Å². The fraction of sp³-hybridized carbons (Fsp3) is 0.800. The van der Waals surface area contributed by atoms with Crippen molar-refractivity contribution in [1.29, 1.82) is 0 Å². The quantitative estimate of drug-likeness (QED) is 0.285. The summed E-state index contributed by atoms with van der Waals surface area (Å²) in [4.78, 5) is 3.47. The smallest absolute Gasteiger partial charge is 0.0845 e. The van der Waals surface area contributed by atoms with E-state index in [0.29, 0.717) is 6.61 Å². The van der Waals surface area contributed by atoms with E-state index in [1.165, 1.54) is 18.9 Å². The molecule has 0 aliphatic heterocycles. The fourth-order valence-electron chi connectivity index (χ4n) is 0.243. The molecule has 0 aromatic heterocycles. The zero-order chi connectivity index (χ0) is 11.4. The maximum Gasteiger partial charge on any atom is 0.0845 e. The van der Waals surface area contributed by atoms with Crippen molar-refractivity contribution in [2.75, 3.05) is 40.9 Å². The SMILES string of the molecule is CCO/C=C/CO[O-].CC[N+](C)(C)C. The lowest BCUT2D eigenvalue weighted by molar-refractivity contribution is -0.868. The molecule has 0 aliphatic carbocycles. The van der Waals surface area contributed by atoms with Gasteiger partial charge in [0.05, 0.1) is 47.2 Å². The van der Waals surface area contributed by atoms with Crippen LogP contribution in [-0.4, -0.2) is 45.4 Å². The van der Waals surface area contributed by atoms with Crippen molar-refractivity contribution in [2.45, 2.75) is 13.8 Å². The van der Waals surface area contributed by atoms with Crippen LogP contribution in [0.25, 0.3) is 0 Å². The van der Waals surface area contributed by atoms with Gasteiger partial charge in [-0.15, -0.1) is 0 Å². The fourth-order valence-corrected chi connectivity index (χ4v) is 0.243. The van der Waals surface area contributed by atoms with Gasteiger partial charge in [0.15, 0.2) is 0 Å². The normalized spacial score (nSPS) is 11.0. The van der Waals surface area contributed by atoms with Gasteiger partial charge in [-0.2, -0.15) is 0 Å². The van der Waals surface area contributed by atoms with E-state index >= 15 is 0 Å². The molecule has 0 spiro atoms. The largest absolute Gasteiger partial charge is 0.723 e. The van der Waals surface area contributed by atoms with Gasteiger partial charge in [0.2, 0.25) is 0 Å². The van der Waals surface area contributed by atoms with Gasteiger partial charge < -0.3 is 19.4 Å². The highest BCUT2D eigenvalue weighted by Gasteiger charge is 1.97. The van der Waals surface area contributed by atoms with E-state index in [1.807, 2.05) is 6.92 Å². The first kappa shape index (κ1) is 15.9. The van der Waals surface area contributed by atoms with Crippen LogP contribution in [0.2, 0.25) is 0 Å². The number of rotatable bonds is 5. The molecular weight excluding hydrogens is 182 g/mol. The molecule has 0 amide bonds. The predicted octanol–water partition coefficient (Wildman–Crippen LogP) is 0.541. The second kappa shape index (κ2) is 10.5. The van der Waals surface area contributed by atoms with Crippen molar-refractivity contribution in [1.82, 2.24) is 0 Å². The van der Waals surface area contributed by atoms with Gasteiger partial charge in [-0.25, -0.2) is 0 Å². The molecule has 0 saturated carbocycles. The Bertz CT molecular complexity index is 122. The summed E-state index contributed by atoms with van der Waals surface area (Å²) >= 11 is 0. The minimum atomic E-state index is 0.0694. The molecule has 0 radical (unpaired) electrons. The van der Waals surface area contributed by atoms with Crippen molar-refractivity contribution < 1.29 is 19.4 Å². The third-order valence-corrected chi connectivity index (χ3v) is 1.47. The number of hydrogen-bond acceptors (Lipinski definition) is 3. The number of nitrogens with zero attached hydrogens (tertiary/aromatic N) is 1. The summed E-state index contributed by atoms with van der Waals surface area (Å²) in [6.07, 6.45) is 2.95. The second-order valence-corrected chi connectivity index (χ2v) is 3.72. The molecule has 0 saturated heterocycles. The van der Waals surface area contributed by atoms with Gasteiger partial charge in [0.1, 0.15) is 0 Å². The van der Waals surface area contributed by atoms with E-state index in [9.17, 15) is 5.26 Å². The predicted molar refractivity (Wildman–Crippen MR) is 55.3 cm³/mol. The molecule has 0 aliphatic rings. The molecule has 0 unspecified atom stereocenters. The zero-order valence-corrected chi connectivity index (χ0v) is 9.95. The molecule has 4 nitrogen and oxygen atoms in total. The van der Waals surface area contributed by atoms with Crippen LogP contribution in [0.3, 0.4) is 0 Å². The molecule has 86 valence electrons. The summed E-state index contributed by atoms with van der Waals surface area (Å²) in [5, 5.41) is 9.29. The van der Waals surface area contributed by atoms with Gasteiger partial charge >= 0.3 is 0 Å². The van der Waals surface area contributed by atoms with Gasteiger partial charge in [0, 0.05) is 0 Å². The number of hydrogen-bond donors (Lipinski definition) is 0. The Hall–Kier alpha value is -0.580. The van der Waals surface area contributed by atoms with Crippen molar-refractivity contribution in [3.63, 3.8) is 0 Å². The highest BCUT2D eigenvalue weighted by molar-refractivity contribution is 4.71. The molecule has 0 aromatic carbocycles. The van der Waals surface area contributed by atoms with Crippen molar-refractivity contribution in [3.05, 3.63) is 12.3 Å². The third kappa shape index (κ3) is 22.5. The maximum atomic E-state index is 9.29. The van der Waals surface area contributed by atoms with Crippen LogP contribution < -0.4 is 5.26 Å². The number of quaternary nitrogens is 1. The first-order chi connectivity index (χ1) is 6.47. The molecule has 14 heavy (non-hydrogen) atoms. The summed E-state index contributed by atoms with van der Waals surface area (Å²) < 4.78 is 5.81. The highest BCUT2D eigenvalue weighted by Crippen LogP contribution is 1.83. The van der Waals surface area contributed by atoms with Crippen LogP contribution in [0, 0.1) is 0 Å². The van der Waals surface area contributed by atoms with Gasteiger partial charge in [0.25, 0.3) is 0 Å². The van der Waals surface area contributed by atoms with Gasteiger partial charge in [-0.1, -0.05) is 0 Å². The van der Waals surface area contributed by atoms with Crippen LogP contribution in [0.4, 0.5) is 0 Å². The van der Waals surface area contributed by atoms with Crippen LogP contribution in [0.1, 0.15) is 13.8 Å². The summed E-state index contributed by atoms with van der Waals surface area (Å²) in [7, 11) is 6.54. The van der Waals surface area contributed by atoms with Crippen LogP contribution in [-0.2, 0) is 9.62 Å². The standard InChI is InChI=1S/C5H14N.C5H10O3/c1-5-6(2,3)4;1-2-7-4-3-5-8-6/h5H2,1-4H3;3-4,6H,2,5H2,1H3/q+1;/p-1/b;4-3+. The van der Waals surface area contributed by atoms with Crippen molar-refractivity contribution in [2.24, 2.45) is 0 Å². The monoisotopic (exact) mass is 205 g/mol. The van der Waals surface area contributed by atoms with Crippen LogP contribution >= 0.6 is 0 Å². The number of ether oxygens (including phenoxy) is 1. The average Bonchev–Trinajstić information content (AvgIpc) is 2.13. The molecule has 4 heteroatoms. The summed E-state index contributed by atoms with van der Waals surface area (Å²) in [5.74, 6) is 0. The molecule has 0 bridgehead atoms. The lowest BCUT2D eigenvalue weighted by Crippen LogP contribution is -2.33. The van der Waals surface area contributed by atoms with Crippen LogP contribution in [0.15, 0.2) is 12.3 Å². The molecule has 0 heterocycles. The molecule has 0 N–H and O–H groups in total. The molecule has 0 rings (SSSR count). The Balaban J connectivity index is 0. The molecular formula is C10H23NO3. The van der Waals surface area contributed by atoms with E-state index in [-0.39, 0.29) is 6.61 Å². The van der Waals surface area contributed by atoms with E-state index in [2.05, 4.69) is 33.0 Å². The second-order valence-electron chi connectivity index (χ2n) is 3.72. The Morgan fingerprint density at radius 1 is 1.21 bits per heavy atom. The Kier molecular flexibility index (Phi) is 11.9. The Morgan fingerprint density at radius 3 is 2.00 bits per heavy atom. The first-order valence-electron chi connectivity index (χ1n) is 4.79. The van der Waals surface area contributed by atoms with Crippen molar-refractivity contribution in [3.8, 4) is 0 Å². The average molecular weight is 205 g/mol. The minimum absolute atomic E-state index is 0.0694. The Labute approximate surface area is 87.3 Å². The lowest BCUT2D eigenvalue weighted by Gasteiger charge is -2.20. The summed E-state index contributed by atoms with van der Waals surface area (Å²) in [5.41, 5.74) is 0. The molecule has 0 atom stereocenters. The van der Waals surface area contributed by atoms with Crippen molar-refractivity contribution >= 4 is 0 Å². The zero-order valence-electron chi connectivity index (χ0n) is 9.95. The summed E-state index contributed by atoms with van der Waals surface area (Å²) in [6.45, 7) is 5.94. The topological polar surface area (TPSA) is 41.5 Å². The van der Waals surface area contributed by atoms with E-state index in [1.54, 1.807) is 0 Å². The van der Waals surface area contributed by atoms with E-state index in [4.69, 9.17) is 4.74 Å². The van der Waals surface area contributed by atoms with E-state index < -0.39 is 0 Å².